The Morgan fingerprint density at radius 2 is 2.19 bits per heavy atom. The van der Waals surface area contributed by atoms with Gasteiger partial charge in [0.2, 0.25) is 0 Å². The van der Waals surface area contributed by atoms with Gasteiger partial charge in [-0.25, -0.2) is 4.39 Å². The van der Waals surface area contributed by atoms with Crippen molar-refractivity contribution < 1.29 is 9.13 Å². The molecular weight excluding hydrogens is 207 g/mol. The molecule has 0 bridgehead atoms. The number of anilines is 2. The van der Waals surface area contributed by atoms with Crippen molar-refractivity contribution in [3.05, 3.63) is 24.0 Å². The van der Waals surface area contributed by atoms with Crippen LogP contribution in [0.15, 0.2) is 18.2 Å². The molecule has 1 saturated heterocycles. The van der Waals surface area contributed by atoms with E-state index in [-0.39, 0.29) is 18.0 Å². The predicted molar refractivity (Wildman–Crippen MR) is 63.0 cm³/mol. The Bertz CT molecular complexity index is 383. The number of hydrogen-bond acceptors (Lipinski definition) is 3. The van der Waals surface area contributed by atoms with Gasteiger partial charge in [0, 0.05) is 18.3 Å². The van der Waals surface area contributed by atoms with Gasteiger partial charge in [-0.1, -0.05) is 0 Å². The first kappa shape index (κ1) is 11.2. The van der Waals surface area contributed by atoms with E-state index >= 15 is 0 Å². The molecule has 88 valence electrons. The van der Waals surface area contributed by atoms with Gasteiger partial charge in [0.15, 0.2) is 0 Å². The average Bonchev–Trinajstić information content (AvgIpc) is 2.22. The van der Waals surface area contributed by atoms with Crippen LogP contribution in [0.1, 0.15) is 13.8 Å². The minimum Gasteiger partial charge on any atom is -0.399 e. The molecule has 1 fully saturated rings. The van der Waals surface area contributed by atoms with Crippen LogP contribution in [-0.2, 0) is 4.74 Å². The number of nitrogens with zero attached hydrogens (tertiary/aromatic N) is 1. The topological polar surface area (TPSA) is 38.5 Å². The van der Waals surface area contributed by atoms with Crippen molar-refractivity contribution in [1.29, 1.82) is 0 Å². The van der Waals surface area contributed by atoms with E-state index in [1.54, 1.807) is 12.1 Å². The molecule has 0 spiro atoms. The van der Waals surface area contributed by atoms with Crippen LogP contribution in [0.3, 0.4) is 0 Å². The SMILES string of the molecule is CC1CN(c2ccc(N)cc2F)C(C)CO1. The third-order valence-corrected chi connectivity index (χ3v) is 2.89. The van der Waals surface area contributed by atoms with Gasteiger partial charge in [0.1, 0.15) is 5.82 Å². The van der Waals surface area contributed by atoms with Crippen LogP contribution in [0.25, 0.3) is 0 Å². The van der Waals surface area contributed by atoms with Crippen molar-refractivity contribution in [3.8, 4) is 0 Å². The molecule has 1 aromatic rings. The average molecular weight is 224 g/mol. The fourth-order valence-electron chi connectivity index (χ4n) is 2.00. The van der Waals surface area contributed by atoms with Gasteiger partial charge < -0.3 is 15.4 Å². The van der Waals surface area contributed by atoms with Gasteiger partial charge in [-0.3, -0.25) is 0 Å². The van der Waals surface area contributed by atoms with E-state index in [1.165, 1.54) is 6.07 Å². The Hall–Kier alpha value is -1.29. The van der Waals surface area contributed by atoms with Crippen molar-refractivity contribution >= 4 is 11.4 Å². The molecule has 2 N–H and O–H groups in total. The molecule has 0 aromatic heterocycles. The fraction of sp³-hybridized carbons (Fsp3) is 0.500. The van der Waals surface area contributed by atoms with E-state index in [0.29, 0.717) is 24.5 Å². The summed E-state index contributed by atoms with van der Waals surface area (Å²) in [5.74, 6) is -0.263. The molecule has 0 radical (unpaired) electrons. The van der Waals surface area contributed by atoms with Crippen LogP contribution in [0, 0.1) is 5.82 Å². The highest BCUT2D eigenvalue weighted by atomic mass is 19.1. The maximum absolute atomic E-state index is 13.8. The summed E-state index contributed by atoms with van der Waals surface area (Å²) in [7, 11) is 0. The quantitative estimate of drug-likeness (QED) is 0.742. The van der Waals surface area contributed by atoms with Crippen molar-refractivity contribution in [2.24, 2.45) is 0 Å². The van der Waals surface area contributed by atoms with Crippen molar-refractivity contribution in [3.63, 3.8) is 0 Å². The molecule has 1 aliphatic heterocycles. The third-order valence-electron chi connectivity index (χ3n) is 2.89. The highest BCUT2D eigenvalue weighted by molar-refractivity contribution is 5.55. The monoisotopic (exact) mass is 224 g/mol. The molecule has 0 aliphatic carbocycles. The summed E-state index contributed by atoms with van der Waals surface area (Å²) in [6.07, 6.45) is 0.133. The van der Waals surface area contributed by atoms with Crippen LogP contribution >= 0.6 is 0 Å². The van der Waals surface area contributed by atoms with E-state index in [9.17, 15) is 4.39 Å². The minimum atomic E-state index is -0.263. The fourth-order valence-corrected chi connectivity index (χ4v) is 2.00. The predicted octanol–water partition coefficient (Wildman–Crippen LogP) is 2.02. The molecular formula is C12H17FN2O. The molecule has 2 unspecified atom stereocenters. The molecule has 16 heavy (non-hydrogen) atoms. The summed E-state index contributed by atoms with van der Waals surface area (Å²) in [6.45, 7) is 5.36. The number of nitrogens with two attached hydrogens (primary N) is 1. The third kappa shape index (κ3) is 2.11. The standard InChI is InChI=1S/C12H17FN2O/c1-8-7-16-9(2)6-15(8)12-4-3-10(14)5-11(12)13/h3-5,8-9H,6-7,14H2,1-2H3. The maximum atomic E-state index is 13.8. The first-order valence-corrected chi connectivity index (χ1v) is 5.51. The number of rotatable bonds is 1. The van der Waals surface area contributed by atoms with E-state index < -0.39 is 0 Å². The zero-order valence-corrected chi connectivity index (χ0v) is 9.61. The summed E-state index contributed by atoms with van der Waals surface area (Å²) in [6, 6.07) is 5.02. The van der Waals surface area contributed by atoms with Crippen LogP contribution in [-0.4, -0.2) is 25.3 Å². The Balaban J connectivity index is 2.28. The Kier molecular flexibility index (Phi) is 3.01. The highest BCUT2D eigenvalue weighted by Gasteiger charge is 2.25. The Morgan fingerprint density at radius 3 is 2.88 bits per heavy atom. The van der Waals surface area contributed by atoms with Gasteiger partial charge in [-0.15, -0.1) is 0 Å². The number of benzene rings is 1. The highest BCUT2D eigenvalue weighted by Crippen LogP contribution is 2.26. The van der Waals surface area contributed by atoms with E-state index in [2.05, 4.69) is 0 Å². The minimum absolute atomic E-state index is 0.133. The van der Waals surface area contributed by atoms with Gasteiger partial charge in [0.05, 0.1) is 18.4 Å². The number of nitrogen functional groups attached to an aromatic ring is 1. The van der Waals surface area contributed by atoms with Crippen molar-refractivity contribution in [2.45, 2.75) is 26.0 Å². The van der Waals surface area contributed by atoms with Gasteiger partial charge in [-0.05, 0) is 32.0 Å². The molecule has 0 amide bonds. The maximum Gasteiger partial charge on any atom is 0.148 e. The lowest BCUT2D eigenvalue weighted by Gasteiger charge is -2.38. The van der Waals surface area contributed by atoms with Gasteiger partial charge in [-0.2, -0.15) is 0 Å². The second-order valence-electron chi connectivity index (χ2n) is 4.36. The lowest BCUT2D eigenvalue weighted by atomic mass is 10.1. The van der Waals surface area contributed by atoms with Crippen LogP contribution < -0.4 is 10.6 Å². The zero-order valence-electron chi connectivity index (χ0n) is 9.61. The number of halogens is 1. The lowest BCUT2D eigenvalue weighted by Crippen LogP contribution is -2.47. The summed E-state index contributed by atoms with van der Waals surface area (Å²) in [4.78, 5) is 2.03. The number of ether oxygens (including phenoxy) is 1. The second-order valence-corrected chi connectivity index (χ2v) is 4.36. The van der Waals surface area contributed by atoms with Gasteiger partial charge in [0.25, 0.3) is 0 Å². The first-order valence-electron chi connectivity index (χ1n) is 5.51. The van der Waals surface area contributed by atoms with Crippen LogP contribution in [0.4, 0.5) is 15.8 Å². The molecule has 2 rings (SSSR count). The number of hydrogen-bond donors (Lipinski definition) is 1. The molecule has 1 aliphatic rings. The Labute approximate surface area is 95.0 Å². The van der Waals surface area contributed by atoms with E-state index in [0.717, 1.165) is 0 Å². The molecule has 2 atom stereocenters. The van der Waals surface area contributed by atoms with E-state index in [4.69, 9.17) is 10.5 Å². The molecule has 1 heterocycles. The summed E-state index contributed by atoms with van der Waals surface area (Å²) < 4.78 is 19.3. The van der Waals surface area contributed by atoms with Crippen LogP contribution in [0.5, 0.6) is 0 Å². The van der Waals surface area contributed by atoms with E-state index in [1.807, 2.05) is 18.7 Å². The van der Waals surface area contributed by atoms with Crippen molar-refractivity contribution in [1.82, 2.24) is 0 Å². The Morgan fingerprint density at radius 1 is 1.44 bits per heavy atom. The molecule has 1 aromatic carbocycles. The molecule has 0 saturated carbocycles. The summed E-state index contributed by atoms with van der Waals surface area (Å²) in [5.41, 5.74) is 6.60. The lowest BCUT2D eigenvalue weighted by molar-refractivity contribution is 0.0341. The summed E-state index contributed by atoms with van der Waals surface area (Å²) in [5, 5.41) is 0. The normalized spacial score (nSPS) is 25.8. The van der Waals surface area contributed by atoms with Crippen LogP contribution in [0.2, 0.25) is 0 Å². The van der Waals surface area contributed by atoms with Gasteiger partial charge >= 0.3 is 0 Å². The number of morpholine rings is 1. The van der Waals surface area contributed by atoms with Crippen molar-refractivity contribution in [2.75, 3.05) is 23.8 Å². The molecule has 3 nitrogen and oxygen atoms in total. The second kappa shape index (κ2) is 4.29. The first-order chi connectivity index (χ1) is 7.58. The molecule has 4 heteroatoms. The largest absolute Gasteiger partial charge is 0.399 e. The zero-order chi connectivity index (χ0) is 11.7. The summed E-state index contributed by atoms with van der Waals surface area (Å²) >= 11 is 0. The smallest absolute Gasteiger partial charge is 0.148 e.